The molecule has 1 aromatic carbocycles. The highest BCUT2D eigenvalue weighted by Gasteiger charge is 2.16. The minimum absolute atomic E-state index is 0.305. The lowest BCUT2D eigenvalue weighted by molar-refractivity contribution is 0.120. The van der Waals surface area contributed by atoms with Crippen LogP contribution < -0.4 is 5.32 Å². The quantitative estimate of drug-likeness (QED) is 0.492. The van der Waals surface area contributed by atoms with Crippen molar-refractivity contribution in [3.63, 3.8) is 0 Å². The Kier molecular flexibility index (Phi) is 6.62. The fourth-order valence-electron chi connectivity index (χ4n) is 2.75. The molecule has 3 aromatic rings. The van der Waals surface area contributed by atoms with Crippen LogP contribution >= 0.6 is 46.0 Å². The summed E-state index contributed by atoms with van der Waals surface area (Å²) in [6.07, 6.45) is 3.41. The van der Waals surface area contributed by atoms with E-state index in [1.807, 2.05) is 24.3 Å². The number of thiazole rings is 1. The third-order valence-electron chi connectivity index (χ3n) is 4.12. The molecule has 1 unspecified atom stereocenters. The number of nitrogens with zero attached hydrogens (tertiary/aromatic N) is 3. The van der Waals surface area contributed by atoms with Gasteiger partial charge in [-0.25, -0.2) is 4.98 Å². The molecule has 142 valence electrons. The second-order valence-electron chi connectivity index (χ2n) is 6.21. The van der Waals surface area contributed by atoms with Crippen molar-refractivity contribution >= 4 is 51.2 Å². The summed E-state index contributed by atoms with van der Waals surface area (Å²) in [6, 6.07) is 7.93. The van der Waals surface area contributed by atoms with E-state index in [0.29, 0.717) is 6.10 Å². The molecule has 0 amide bonds. The number of benzene rings is 1. The Balaban J connectivity index is 1.25. The molecule has 9 heteroatoms. The number of halogens is 1. The Labute approximate surface area is 175 Å². The summed E-state index contributed by atoms with van der Waals surface area (Å²) < 4.78 is 6.57. The number of rotatable bonds is 8. The molecule has 0 saturated carbocycles. The normalized spacial score (nSPS) is 16.7. The highest BCUT2D eigenvalue weighted by atomic mass is 35.5. The standard InChI is InChI=1S/C18H19ClN4OS3/c19-13-5-3-12(4-6-13)8-16-21-14(10-25-16)11-26-18-23-22-17(27-18)20-9-15-2-1-7-24-15/h3-6,10,15H,1-2,7-9,11H2,(H,20,22). The van der Waals surface area contributed by atoms with Crippen molar-refractivity contribution in [3.8, 4) is 0 Å². The van der Waals surface area contributed by atoms with Gasteiger partial charge in [0.25, 0.3) is 0 Å². The molecular weight excluding hydrogens is 420 g/mol. The van der Waals surface area contributed by atoms with Gasteiger partial charge in [-0.2, -0.15) is 0 Å². The number of hydrogen-bond acceptors (Lipinski definition) is 8. The third kappa shape index (κ3) is 5.65. The zero-order valence-corrected chi connectivity index (χ0v) is 17.8. The van der Waals surface area contributed by atoms with Crippen LogP contribution in [0.4, 0.5) is 5.13 Å². The first-order valence-corrected chi connectivity index (χ1v) is 11.8. The van der Waals surface area contributed by atoms with Gasteiger partial charge in [0.15, 0.2) is 4.34 Å². The van der Waals surface area contributed by atoms with Crippen LogP contribution in [0.1, 0.15) is 29.1 Å². The molecule has 3 heterocycles. The summed E-state index contributed by atoms with van der Waals surface area (Å²) in [4.78, 5) is 4.73. The minimum atomic E-state index is 0.305. The molecule has 2 aromatic heterocycles. The third-order valence-corrected chi connectivity index (χ3v) is 7.32. The summed E-state index contributed by atoms with van der Waals surface area (Å²) >= 11 is 10.9. The fraction of sp³-hybridized carbons (Fsp3) is 0.389. The molecule has 0 spiro atoms. The zero-order chi connectivity index (χ0) is 18.5. The van der Waals surface area contributed by atoms with Crippen LogP contribution in [0.5, 0.6) is 0 Å². The maximum atomic E-state index is 5.94. The molecular formula is C18H19ClN4OS3. The van der Waals surface area contributed by atoms with Crippen molar-refractivity contribution in [2.24, 2.45) is 0 Å². The maximum absolute atomic E-state index is 5.94. The summed E-state index contributed by atoms with van der Waals surface area (Å²) in [7, 11) is 0. The van der Waals surface area contributed by atoms with Gasteiger partial charge in [0, 0.05) is 35.7 Å². The van der Waals surface area contributed by atoms with Crippen molar-refractivity contribution in [1.29, 1.82) is 0 Å². The van der Waals surface area contributed by atoms with Gasteiger partial charge in [-0.15, -0.1) is 21.5 Å². The van der Waals surface area contributed by atoms with E-state index in [1.54, 1.807) is 34.4 Å². The summed E-state index contributed by atoms with van der Waals surface area (Å²) in [5, 5.41) is 16.6. The Bertz CT molecular complexity index is 862. The summed E-state index contributed by atoms with van der Waals surface area (Å²) in [6.45, 7) is 1.68. The monoisotopic (exact) mass is 438 g/mol. The van der Waals surface area contributed by atoms with Crippen LogP contribution in [-0.4, -0.2) is 34.4 Å². The van der Waals surface area contributed by atoms with E-state index in [-0.39, 0.29) is 0 Å². The van der Waals surface area contributed by atoms with Crippen molar-refractivity contribution in [2.75, 3.05) is 18.5 Å². The fourth-order valence-corrected chi connectivity index (χ4v) is 5.47. The van der Waals surface area contributed by atoms with Crippen LogP contribution in [0.25, 0.3) is 0 Å². The number of anilines is 1. The molecule has 1 saturated heterocycles. The lowest BCUT2D eigenvalue weighted by Gasteiger charge is -2.08. The highest BCUT2D eigenvalue weighted by molar-refractivity contribution is 8.00. The molecule has 27 heavy (non-hydrogen) atoms. The highest BCUT2D eigenvalue weighted by Crippen LogP contribution is 2.29. The van der Waals surface area contributed by atoms with E-state index in [1.165, 1.54) is 5.56 Å². The van der Waals surface area contributed by atoms with Gasteiger partial charge in [-0.05, 0) is 30.5 Å². The van der Waals surface area contributed by atoms with E-state index in [2.05, 4.69) is 20.9 Å². The van der Waals surface area contributed by atoms with E-state index >= 15 is 0 Å². The van der Waals surface area contributed by atoms with Gasteiger partial charge >= 0.3 is 0 Å². The first-order valence-electron chi connectivity index (χ1n) is 8.74. The Morgan fingerprint density at radius 1 is 1.26 bits per heavy atom. The number of aromatic nitrogens is 3. The van der Waals surface area contributed by atoms with Crippen molar-refractivity contribution in [2.45, 2.75) is 35.5 Å². The molecule has 4 rings (SSSR count). The van der Waals surface area contributed by atoms with E-state index in [0.717, 1.165) is 63.4 Å². The van der Waals surface area contributed by atoms with Crippen molar-refractivity contribution in [1.82, 2.24) is 15.2 Å². The molecule has 0 bridgehead atoms. The number of ether oxygens (including phenoxy) is 1. The van der Waals surface area contributed by atoms with Crippen LogP contribution in [-0.2, 0) is 16.9 Å². The number of thioether (sulfide) groups is 1. The van der Waals surface area contributed by atoms with Gasteiger partial charge in [0.1, 0.15) is 0 Å². The van der Waals surface area contributed by atoms with Crippen LogP contribution in [0, 0.1) is 0 Å². The van der Waals surface area contributed by atoms with E-state index in [9.17, 15) is 0 Å². The van der Waals surface area contributed by atoms with E-state index in [4.69, 9.17) is 21.3 Å². The predicted molar refractivity (Wildman–Crippen MR) is 113 cm³/mol. The molecule has 1 fully saturated rings. The maximum Gasteiger partial charge on any atom is 0.206 e. The molecule has 1 aliphatic heterocycles. The van der Waals surface area contributed by atoms with Crippen LogP contribution in [0.2, 0.25) is 5.02 Å². The second-order valence-corrected chi connectivity index (χ2v) is 9.79. The van der Waals surface area contributed by atoms with Gasteiger partial charge in [0.05, 0.1) is 16.8 Å². The van der Waals surface area contributed by atoms with E-state index < -0.39 is 0 Å². The molecule has 0 aliphatic carbocycles. The SMILES string of the molecule is Clc1ccc(Cc2nc(CSc3nnc(NCC4CCCO4)s3)cs2)cc1. The topological polar surface area (TPSA) is 59.9 Å². The lowest BCUT2D eigenvalue weighted by atomic mass is 10.2. The van der Waals surface area contributed by atoms with Crippen molar-refractivity contribution in [3.05, 3.63) is 50.9 Å². The molecule has 5 nitrogen and oxygen atoms in total. The molecule has 0 radical (unpaired) electrons. The van der Waals surface area contributed by atoms with Gasteiger partial charge in [-0.1, -0.05) is 46.8 Å². The number of hydrogen-bond donors (Lipinski definition) is 1. The summed E-state index contributed by atoms with van der Waals surface area (Å²) in [5.41, 5.74) is 2.30. The molecule has 1 atom stereocenters. The van der Waals surface area contributed by atoms with Gasteiger partial charge in [-0.3, -0.25) is 0 Å². The van der Waals surface area contributed by atoms with Crippen molar-refractivity contribution < 1.29 is 4.74 Å². The predicted octanol–water partition coefficient (Wildman–Crippen LogP) is 5.12. The minimum Gasteiger partial charge on any atom is -0.376 e. The Hall–Kier alpha value is -1.19. The van der Waals surface area contributed by atoms with Crippen LogP contribution in [0.3, 0.4) is 0 Å². The average molecular weight is 439 g/mol. The molecule has 1 N–H and O–H groups in total. The number of nitrogens with one attached hydrogen (secondary N) is 1. The largest absolute Gasteiger partial charge is 0.376 e. The second kappa shape index (κ2) is 9.34. The Morgan fingerprint density at radius 3 is 2.96 bits per heavy atom. The zero-order valence-electron chi connectivity index (χ0n) is 14.6. The molecule has 1 aliphatic rings. The summed E-state index contributed by atoms with van der Waals surface area (Å²) in [5.74, 6) is 0.803. The van der Waals surface area contributed by atoms with Crippen LogP contribution in [0.15, 0.2) is 34.0 Å². The van der Waals surface area contributed by atoms with Gasteiger partial charge < -0.3 is 10.1 Å². The Morgan fingerprint density at radius 2 is 2.15 bits per heavy atom. The first kappa shape index (κ1) is 19.1. The smallest absolute Gasteiger partial charge is 0.206 e. The first-order chi connectivity index (χ1) is 13.2. The average Bonchev–Trinajstić information content (AvgIpc) is 3.42. The lowest BCUT2D eigenvalue weighted by Crippen LogP contribution is -2.18. The van der Waals surface area contributed by atoms with Gasteiger partial charge in [0.2, 0.25) is 5.13 Å².